The van der Waals surface area contributed by atoms with E-state index in [2.05, 4.69) is 9.12 Å². The summed E-state index contributed by atoms with van der Waals surface area (Å²) in [4.78, 5) is 11.6. The first-order valence-electron chi connectivity index (χ1n) is 6.62. The van der Waals surface area contributed by atoms with Crippen LogP contribution >= 0.6 is 0 Å². The average molecular weight is 322 g/mol. The van der Waals surface area contributed by atoms with Crippen LogP contribution < -0.4 is 4.72 Å². The number of nitrogens with one attached hydrogen (secondary N) is 1. The predicted molar refractivity (Wildman–Crippen MR) is 71.1 cm³/mol. The van der Waals surface area contributed by atoms with Gasteiger partial charge in [0.05, 0.1) is 6.61 Å². The summed E-state index contributed by atoms with van der Waals surface area (Å²) < 4.78 is 59.8. The van der Waals surface area contributed by atoms with Gasteiger partial charge >= 0.3 is 16.2 Å². The number of nitrogens with zero attached hydrogens (tertiary/aromatic N) is 1. The van der Waals surface area contributed by atoms with Gasteiger partial charge in [-0.15, -0.1) is 4.40 Å². The zero-order valence-electron chi connectivity index (χ0n) is 11.4. The summed E-state index contributed by atoms with van der Waals surface area (Å²) in [5, 5.41) is 0. The van der Waals surface area contributed by atoms with Gasteiger partial charge in [0.2, 0.25) is 5.92 Å². The number of allylic oxidation sites excluding steroid dienone is 1. The summed E-state index contributed by atoms with van der Waals surface area (Å²) >= 11 is 0. The highest BCUT2D eigenvalue weighted by molar-refractivity contribution is 7.88. The quantitative estimate of drug-likeness (QED) is 0.799. The van der Waals surface area contributed by atoms with E-state index >= 15 is 0 Å². The van der Waals surface area contributed by atoms with E-state index in [4.69, 9.17) is 4.74 Å². The van der Waals surface area contributed by atoms with Gasteiger partial charge in [-0.3, -0.25) is 4.72 Å². The van der Waals surface area contributed by atoms with Crippen molar-refractivity contribution in [1.29, 1.82) is 0 Å². The SMILES string of the molecule is CCOC(=O)C1=NS(=O)(=O)NC(C2CCC(F)(F)CC2)=C1. The number of esters is 1. The van der Waals surface area contributed by atoms with Crippen LogP contribution in [0, 0.1) is 5.92 Å². The molecule has 1 N–H and O–H groups in total. The van der Waals surface area contributed by atoms with Gasteiger partial charge in [0.25, 0.3) is 0 Å². The second-order valence-corrected chi connectivity index (χ2v) is 6.34. The van der Waals surface area contributed by atoms with Crippen molar-refractivity contribution in [1.82, 2.24) is 4.72 Å². The lowest BCUT2D eigenvalue weighted by Gasteiger charge is -2.30. The summed E-state index contributed by atoms with van der Waals surface area (Å²) in [6.07, 6.45) is 0.966. The van der Waals surface area contributed by atoms with Crippen LogP contribution in [0.1, 0.15) is 32.6 Å². The fourth-order valence-electron chi connectivity index (χ4n) is 2.36. The zero-order valence-corrected chi connectivity index (χ0v) is 12.3. The first-order valence-corrected chi connectivity index (χ1v) is 8.06. The first kappa shape index (κ1) is 15.9. The normalized spacial score (nSPS) is 24.5. The molecule has 118 valence electrons. The van der Waals surface area contributed by atoms with Crippen LogP contribution in [0.3, 0.4) is 0 Å². The Morgan fingerprint density at radius 2 is 2.10 bits per heavy atom. The largest absolute Gasteiger partial charge is 0.461 e. The highest BCUT2D eigenvalue weighted by atomic mass is 32.2. The minimum absolute atomic E-state index is 0.0875. The second kappa shape index (κ2) is 5.70. The number of carbonyl (C=O) groups excluding carboxylic acids is 1. The molecule has 0 unspecified atom stereocenters. The highest BCUT2D eigenvalue weighted by Crippen LogP contribution is 2.39. The van der Waals surface area contributed by atoms with E-state index in [-0.39, 0.29) is 49.6 Å². The van der Waals surface area contributed by atoms with Crippen molar-refractivity contribution in [2.24, 2.45) is 10.3 Å². The number of ether oxygens (including phenoxy) is 1. The number of carbonyl (C=O) groups is 1. The van der Waals surface area contributed by atoms with Crippen LogP contribution in [-0.4, -0.2) is 32.6 Å². The van der Waals surface area contributed by atoms with Crippen LogP contribution in [-0.2, 0) is 19.7 Å². The van der Waals surface area contributed by atoms with Crippen molar-refractivity contribution >= 4 is 21.9 Å². The number of hydrogen-bond donors (Lipinski definition) is 1. The van der Waals surface area contributed by atoms with Gasteiger partial charge in [0.15, 0.2) is 5.71 Å². The van der Waals surface area contributed by atoms with Crippen molar-refractivity contribution in [2.45, 2.75) is 38.5 Å². The summed E-state index contributed by atoms with van der Waals surface area (Å²) in [7, 11) is -4.04. The molecule has 0 radical (unpaired) electrons. The molecule has 21 heavy (non-hydrogen) atoms. The van der Waals surface area contributed by atoms with E-state index in [1.807, 2.05) is 0 Å². The van der Waals surface area contributed by atoms with E-state index in [1.54, 1.807) is 6.92 Å². The van der Waals surface area contributed by atoms with Crippen LogP contribution in [0.5, 0.6) is 0 Å². The number of rotatable bonds is 3. The fraction of sp³-hybridized carbons (Fsp3) is 0.667. The molecule has 0 aromatic heterocycles. The Hall–Kier alpha value is -1.51. The molecule has 1 aliphatic carbocycles. The van der Waals surface area contributed by atoms with Crippen molar-refractivity contribution in [3.8, 4) is 0 Å². The number of alkyl halides is 2. The second-order valence-electron chi connectivity index (χ2n) is 5.00. The molecule has 0 bridgehead atoms. The van der Waals surface area contributed by atoms with E-state index < -0.39 is 22.1 Å². The smallest absolute Gasteiger partial charge is 0.357 e. The number of hydrogen-bond acceptors (Lipinski definition) is 4. The van der Waals surface area contributed by atoms with Crippen LogP contribution in [0.25, 0.3) is 0 Å². The Balaban J connectivity index is 2.20. The van der Waals surface area contributed by atoms with Gasteiger partial charge in [0.1, 0.15) is 0 Å². The van der Waals surface area contributed by atoms with Crippen LogP contribution in [0.4, 0.5) is 8.78 Å². The zero-order chi connectivity index (χ0) is 15.7. The van der Waals surface area contributed by atoms with Gasteiger partial charge in [-0.05, 0) is 25.8 Å². The molecule has 1 aliphatic heterocycles. The Morgan fingerprint density at radius 3 is 2.67 bits per heavy atom. The third kappa shape index (κ3) is 3.99. The van der Waals surface area contributed by atoms with Gasteiger partial charge in [-0.25, -0.2) is 13.6 Å². The summed E-state index contributed by atoms with van der Waals surface area (Å²) in [5.41, 5.74) is -0.105. The third-order valence-electron chi connectivity index (χ3n) is 3.40. The molecule has 1 fully saturated rings. The van der Waals surface area contributed by atoms with Gasteiger partial charge in [-0.2, -0.15) is 8.42 Å². The monoisotopic (exact) mass is 322 g/mol. The van der Waals surface area contributed by atoms with Crippen molar-refractivity contribution in [3.63, 3.8) is 0 Å². The molecular formula is C12H16F2N2O4S. The molecule has 0 spiro atoms. The summed E-state index contributed by atoms with van der Waals surface area (Å²) in [6, 6.07) is 0. The molecule has 6 nitrogen and oxygen atoms in total. The number of halogens is 2. The van der Waals surface area contributed by atoms with Crippen LogP contribution in [0.15, 0.2) is 16.2 Å². The standard InChI is InChI=1S/C12H16F2N2O4S/c1-2-20-11(17)10-7-9(15-21(18,19)16-10)8-3-5-12(13,14)6-4-8/h7-8,15H,2-6H2,1H3. The predicted octanol–water partition coefficient (Wildman–Crippen LogP) is 1.55. The molecule has 2 aliphatic rings. The van der Waals surface area contributed by atoms with Crippen molar-refractivity contribution in [3.05, 3.63) is 11.8 Å². The molecule has 0 saturated heterocycles. The van der Waals surface area contributed by atoms with Crippen LogP contribution in [0.2, 0.25) is 0 Å². The maximum Gasteiger partial charge on any atom is 0.357 e. The van der Waals surface area contributed by atoms with Gasteiger partial charge in [0, 0.05) is 24.5 Å². The van der Waals surface area contributed by atoms with E-state index in [9.17, 15) is 22.0 Å². The first-order chi connectivity index (χ1) is 9.72. The molecule has 2 rings (SSSR count). The molecule has 1 saturated carbocycles. The van der Waals surface area contributed by atoms with Crippen molar-refractivity contribution < 1.29 is 26.7 Å². The molecule has 0 aromatic rings. The van der Waals surface area contributed by atoms with E-state index in [0.717, 1.165) is 0 Å². The van der Waals surface area contributed by atoms with Crippen molar-refractivity contribution in [2.75, 3.05) is 6.61 Å². The Kier molecular flexibility index (Phi) is 4.31. The topological polar surface area (TPSA) is 84.8 Å². The summed E-state index contributed by atoms with van der Waals surface area (Å²) in [5.74, 6) is -3.91. The molecule has 9 heteroatoms. The molecule has 0 atom stereocenters. The minimum Gasteiger partial charge on any atom is -0.461 e. The maximum absolute atomic E-state index is 13.1. The maximum atomic E-state index is 13.1. The lowest BCUT2D eigenvalue weighted by molar-refractivity contribution is -0.134. The Morgan fingerprint density at radius 1 is 1.48 bits per heavy atom. The van der Waals surface area contributed by atoms with E-state index in [1.165, 1.54) is 6.08 Å². The lowest BCUT2D eigenvalue weighted by Crippen LogP contribution is -2.36. The fourth-order valence-corrected chi connectivity index (χ4v) is 3.31. The molecular weight excluding hydrogens is 306 g/mol. The molecule has 1 heterocycles. The minimum atomic E-state index is -4.04. The van der Waals surface area contributed by atoms with Gasteiger partial charge < -0.3 is 4.74 Å². The Labute approximate surface area is 121 Å². The molecule has 0 amide bonds. The summed E-state index contributed by atoms with van der Waals surface area (Å²) in [6.45, 7) is 1.67. The Bertz CT molecular complexity index is 588. The van der Waals surface area contributed by atoms with E-state index in [0.29, 0.717) is 0 Å². The molecule has 0 aromatic carbocycles. The third-order valence-corrected chi connectivity index (χ3v) is 4.33. The lowest BCUT2D eigenvalue weighted by atomic mass is 9.84. The van der Waals surface area contributed by atoms with Gasteiger partial charge in [-0.1, -0.05) is 0 Å². The average Bonchev–Trinajstić information content (AvgIpc) is 2.37. The highest BCUT2D eigenvalue weighted by Gasteiger charge is 2.38.